The molecule has 2 aromatic carbocycles. The van der Waals surface area contributed by atoms with Crippen molar-refractivity contribution in [2.45, 2.75) is 46.2 Å². The van der Waals surface area contributed by atoms with Crippen LogP contribution in [0.15, 0.2) is 72.9 Å². The molecule has 2 saturated heterocycles. The molecule has 0 radical (unpaired) electrons. The Morgan fingerprint density at radius 3 is 2.27 bits per heavy atom. The number of halogens is 2. The number of rotatable bonds is 5. The molecule has 6 rings (SSSR count). The predicted octanol–water partition coefficient (Wildman–Crippen LogP) is 8.46. The van der Waals surface area contributed by atoms with E-state index >= 15 is 0 Å². The summed E-state index contributed by atoms with van der Waals surface area (Å²) in [5.41, 5.74) is 7.53. The van der Waals surface area contributed by atoms with Gasteiger partial charge in [0.25, 0.3) is 0 Å². The van der Waals surface area contributed by atoms with Crippen LogP contribution in [0.4, 0.5) is 11.4 Å². The molecular formula is C33H35Cl2N5S. The molecule has 2 aliphatic rings. The minimum Gasteiger partial charge on any atom is -0.370 e. The fraction of sp³-hybridized carbons (Fsp3) is 0.333. The maximum atomic E-state index is 7.03. The maximum Gasteiger partial charge on any atom is 0.174 e. The molecule has 0 unspecified atom stereocenters. The van der Waals surface area contributed by atoms with E-state index in [4.69, 9.17) is 40.4 Å². The average Bonchev–Trinajstić information content (AvgIpc) is 3.44. The molecule has 212 valence electrons. The van der Waals surface area contributed by atoms with Crippen LogP contribution in [-0.2, 0) is 0 Å². The third kappa shape index (κ3) is 5.33. The number of nitrogens with zero attached hydrogens (tertiary/aromatic N) is 4. The van der Waals surface area contributed by atoms with E-state index in [9.17, 15) is 0 Å². The van der Waals surface area contributed by atoms with Crippen molar-refractivity contribution >= 4 is 51.9 Å². The van der Waals surface area contributed by atoms with Crippen LogP contribution < -0.4 is 15.1 Å². The van der Waals surface area contributed by atoms with Crippen LogP contribution in [0.25, 0.3) is 5.69 Å². The third-order valence-corrected chi connectivity index (χ3v) is 9.26. The zero-order valence-electron chi connectivity index (χ0n) is 23.8. The summed E-state index contributed by atoms with van der Waals surface area (Å²) in [5.74, 6) is 1.29. The van der Waals surface area contributed by atoms with Crippen molar-refractivity contribution < 1.29 is 0 Å². The molecule has 5 nitrogen and oxygen atoms in total. The second kappa shape index (κ2) is 11.3. The summed E-state index contributed by atoms with van der Waals surface area (Å²) in [6.07, 6.45) is 3.09. The molecule has 0 spiro atoms. The van der Waals surface area contributed by atoms with Crippen LogP contribution >= 0.6 is 35.4 Å². The molecule has 2 aliphatic heterocycles. The number of piperidine rings is 1. The SMILES string of the molecule is Cc1cc([C@@H]2[C@H](c3ccccn3)NC(=S)N2c2ccc(N3C[C@H](C)C[C@H](C)C3)c(Cl)c2)c(C)n1-c1ccc(Cl)cc1. The molecule has 8 heteroatoms. The molecule has 1 N–H and O–H groups in total. The lowest BCUT2D eigenvalue weighted by atomic mass is 9.91. The van der Waals surface area contributed by atoms with E-state index in [-0.39, 0.29) is 12.1 Å². The van der Waals surface area contributed by atoms with E-state index in [1.807, 2.05) is 30.5 Å². The highest BCUT2D eigenvalue weighted by atomic mass is 35.5. The number of benzene rings is 2. The van der Waals surface area contributed by atoms with Crippen LogP contribution in [0, 0.1) is 25.7 Å². The van der Waals surface area contributed by atoms with Gasteiger partial charge >= 0.3 is 0 Å². The first kappa shape index (κ1) is 28.1. The first-order valence-corrected chi connectivity index (χ1v) is 15.4. The Labute approximate surface area is 258 Å². The van der Waals surface area contributed by atoms with Crippen LogP contribution in [0.2, 0.25) is 10.0 Å². The summed E-state index contributed by atoms with van der Waals surface area (Å²) >= 11 is 19.2. The lowest BCUT2D eigenvalue weighted by molar-refractivity contribution is 0.357. The number of pyridine rings is 1. The number of anilines is 2. The normalized spacial score (nSPS) is 22.7. The molecular weight excluding hydrogens is 569 g/mol. The van der Waals surface area contributed by atoms with Crippen LogP contribution in [-0.4, -0.2) is 27.8 Å². The van der Waals surface area contributed by atoms with Gasteiger partial charge < -0.3 is 19.7 Å². The quantitative estimate of drug-likeness (QED) is 0.231. The van der Waals surface area contributed by atoms with Gasteiger partial charge in [0.2, 0.25) is 0 Å². The predicted molar refractivity (Wildman–Crippen MR) is 175 cm³/mol. The smallest absolute Gasteiger partial charge is 0.174 e. The highest BCUT2D eigenvalue weighted by molar-refractivity contribution is 7.80. The fourth-order valence-electron chi connectivity index (χ4n) is 6.79. The molecule has 0 aliphatic carbocycles. The zero-order chi connectivity index (χ0) is 28.8. The maximum absolute atomic E-state index is 7.03. The number of aromatic nitrogens is 2. The van der Waals surface area contributed by atoms with Crippen molar-refractivity contribution in [3.63, 3.8) is 0 Å². The summed E-state index contributed by atoms with van der Waals surface area (Å²) in [5, 5.41) is 5.72. The zero-order valence-corrected chi connectivity index (χ0v) is 26.1. The number of thiocarbonyl (C=S) groups is 1. The van der Waals surface area contributed by atoms with Gasteiger partial charge in [-0.1, -0.05) is 43.1 Å². The first-order valence-electron chi connectivity index (χ1n) is 14.2. The van der Waals surface area contributed by atoms with E-state index in [1.54, 1.807) is 0 Å². The number of aryl methyl sites for hydroxylation is 1. The van der Waals surface area contributed by atoms with Crippen LogP contribution in [0.1, 0.15) is 55.0 Å². The minimum atomic E-state index is -0.134. The van der Waals surface area contributed by atoms with Crippen LogP contribution in [0.3, 0.4) is 0 Å². The van der Waals surface area contributed by atoms with Crippen molar-refractivity contribution in [2.24, 2.45) is 11.8 Å². The largest absolute Gasteiger partial charge is 0.370 e. The summed E-state index contributed by atoms with van der Waals surface area (Å²) in [6.45, 7) is 11.0. The van der Waals surface area contributed by atoms with Crippen LogP contribution in [0.5, 0.6) is 0 Å². The lowest BCUT2D eigenvalue weighted by Gasteiger charge is -2.37. The van der Waals surface area contributed by atoms with E-state index in [0.717, 1.165) is 57.3 Å². The van der Waals surface area contributed by atoms with Gasteiger partial charge in [0, 0.05) is 47.1 Å². The highest BCUT2D eigenvalue weighted by Gasteiger charge is 2.42. The third-order valence-electron chi connectivity index (χ3n) is 8.39. The molecule has 4 atom stereocenters. The van der Waals surface area contributed by atoms with E-state index in [2.05, 4.69) is 89.8 Å². The Hall–Kier alpha value is -3.06. The Bertz CT molecular complexity index is 1560. The molecule has 2 aromatic heterocycles. The van der Waals surface area contributed by atoms with Gasteiger partial charge in [0.05, 0.1) is 28.5 Å². The van der Waals surface area contributed by atoms with Crippen molar-refractivity contribution in [1.29, 1.82) is 0 Å². The molecule has 0 saturated carbocycles. The molecule has 0 bridgehead atoms. The fourth-order valence-corrected chi connectivity index (χ4v) is 7.55. The Kier molecular flexibility index (Phi) is 7.75. The van der Waals surface area contributed by atoms with Gasteiger partial charge in [-0.25, -0.2) is 0 Å². The number of nitrogens with one attached hydrogen (secondary N) is 1. The van der Waals surface area contributed by atoms with E-state index in [1.165, 1.54) is 12.0 Å². The Balaban J connectivity index is 1.44. The monoisotopic (exact) mass is 603 g/mol. The van der Waals surface area contributed by atoms with Gasteiger partial charge in [-0.15, -0.1) is 0 Å². The van der Waals surface area contributed by atoms with Gasteiger partial charge in [0.1, 0.15) is 0 Å². The van der Waals surface area contributed by atoms with E-state index < -0.39 is 0 Å². The van der Waals surface area contributed by atoms with E-state index in [0.29, 0.717) is 16.9 Å². The van der Waals surface area contributed by atoms with Gasteiger partial charge in [-0.05, 0) is 111 Å². The van der Waals surface area contributed by atoms with Crippen molar-refractivity contribution in [3.8, 4) is 5.69 Å². The van der Waals surface area contributed by atoms with Crippen molar-refractivity contribution in [1.82, 2.24) is 14.9 Å². The minimum absolute atomic E-state index is 0.124. The summed E-state index contributed by atoms with van der Waals surface area (Å²) < 4.78 is 2.27. The second-order valence-electron chi connectivity index (χ2n) is 11.6. The first-order chi connectivity index (χ1) is 19.7. The Morgan fingerprint density at radius 2 is 1.61 bits per heavy atom. The van der Waals surface area contributed by atoms with Gasteiger partial charge in [-0.3, -0.25) is 4.98 Å². The summed E-state index contributed by atoms with van der Waals surface area (Å²) in [6, 6.07) is 22.4. The second-order valence-corrected chi connectivity index (χ2v) is 12.9. The summed E-state index contributed by atoms with van der Waals surface area (Å²) in [7, 11) is 0. The standard InChI is InChI=1S/C33H35Cl2N5S/c1-20-15-21(2)19-38(18-20)30-13-12-26(17-28(30)35)40-32(31(37-33(40)41)29-7-5-6-14-36-29)27-16-22(3)39(23(27)4)25-10-8-24(34)9-11-25/h5-14,16-17,20-21,31-32H,15,18-19H2,1-4H3,(H,37,41)/t20-,21+,31-,32+/m0/s1. The molecule has 41 heavy (non-hydrogen) atoms. The summed E-state index contributed by atoms with van der Waals surface area (Å²) in [4.78, 5) is 9.37. The molecule has 4 heterocycles. The molecule has 0 amide bonds. The van der Waals surface area contributed by atoms with Gasteiger partial charge in [-0.2, -0.15) is 0 Å². The number of hydrogen-bond acceptors (Lipinski definition) is 3. The lowest BCUT2D eigenvalue weighted by Crippen LogP contribution is -2.38. The van der Waals surface area contributed by atoms with Crippen molar-refractivity contribution in [2.75, 3.05) is 22.9 Å². The molecule has 2 fully saturated rings. The topological polar surface area (TPSA) is 36.3 Å². The molecule has 4 aromatic rings. The van der Waals surface area contributed by atoms with Crippen molar-refractivity contribution in [3.05, 3.63) is 106 Å². The highest BCUT2D eigenvalue weighted by Crippen LogP contribution is 2.45. The van der Waals surface area contributed by atoms with Gasteiger partial charge in [0.15, 0.2) is 5.11 Å². The Morgan fingerprint density at radius 1 is 0.902 bits per heavy atom. The number of hydrogen-bond donors (Lipinski definition) is 1. The average molecular weight is 605 g/mol.